The molecular weight excluding hydrogens is 260 g/mol. The first-order valence-electron chi connectivity index (χ1n) is 8.77. The van der Waals surface area contributed by atoms with Gasteiger partial charge in [-0.15, -0.1) is 0 Å². The highest BCUT2D eigenvalue weighted by Gasteiger charge is 2.33. The van der Waals surface area contributed by atoms with Gasteiger partial charge in [0.2, 0.25) is 0 Å². The molecule has 0 aromatic rings. The van der Waals surface area contributed by atoms with Crippen LogP contribution in [0.3, 0.4) is 0 Å². The third kappa shape index (κ3) is 5.51. The summed E-state index contributed by atoms with van der Waals surface area (Å²) in [4.78, 5) is 7.60. The van der Waals surface area contributed by atoms with Crippen molar-refractivity contribution in [1.82, 2.24) is 20.0 Å². The summed E-state index contributed by atoms with van der Waals surface area (Å²) in [5.41, 5.74) is 0.444. The number of likely N-dealkylation sites (N-methyl/N-ethyl adjacent to an activating group) is 1. The van der Waals surface area contributed by atoms with Gasteiger partial charge in [-0.3, -0.25) is 4.90 Å². The van der Waals surface area contributed by atoms with E-state index >= 15 is 0 Å². The van der Waals surface area contributed by atoms with Crippen molar-refractivity contribution in [3.05, 3.63) is 0 Å². The highest BCUT2D eigenvalue weighted by atomic mass is 15.3. The molecule has 1 N–H and O–H groups in total. The minimum atomic E-state index is 0.444. The molecule has 0 amide bonds. The summed E-state index contributed by atoms with van der Waals surface area (Å²) in [5, 5.41) is 3.58. The first kappa shape index (κ1) is 17.2. The number of hydrogen-bond donors (Lipinski definition) is 1. The average molecular weight is 297 g/mol. The average Bonchev–Trinajstić information content (AvgIpc) is 2.47. The number of nitrogens with one attached hydrogen (secondary N) is 1. The van der Waals surface area contributed by atoms with E-state index in [0.717, 1.165) is 5.92 Å². The molecule has 0 spiro atoms. The van der Waals surface area contributed by atoms with Crippen LogP contribution < -0.4 is 5.32 Å². The Balaban J connectivity index is 1.72. The van der Waals surface area contributed by atoms with Crippen LogP contribution in [-0.2, 0) is 0 Å². The third-order valence-corrected chi connectivity index (χ3v) is 5.36. The van der Waals surface area contributed by atoms with Gasteiger partial charge >= 0.3 is 0 Å². The Morgan fingerprint density at radius 3 is 2.33 bits per heavy atom. The van der Waals surface area contributed by atoms with E-state index < -0.39 is 0 Å². The highest BCUT2D eigenvalue weighted by Crippen LogP contribution is 2.32. The molecule has 1 atom stereocenters. The van der Waals surface area contributed by atoms with E-state index in [1.54, 1.807) is 0 Å². The SMILES string of the molecule is CN(C)CCN1CCN(CC(C)(C)C2CCCNC2)CC1. The fourth-order valence-electron chi connectivity index (χ4n) is 3.74. The Hall–Kier alpha value is -0.160. The molecule has 21 heavy (non-hydrogen) atoms. The van der Waals surface area contributed by atoms with Crippen molar-refractivity contribution in [2.45, 2.75) is 26.7 Å². The molecule has 0 aliphatic carbocycles. The molecule has 4 heteroatoms. The van der Waals surface area contributed by atoms with Gasteiger partial charge < -0.3 is 15.1 Å². The van der Waals surface area contributed by atoms with Gasteiger partial charge in [0.05, 0.1) is 0 Å². The molecule has 0 saturated carbocycles. The minimum Gasteiger partial charge on any atom is -0.316 e. The quantitative estimate of drug-likeness (QED) is 0.795. The van der Waals surface area contributed by atoms with Crippen LogP contribution in [0.1, 0.15) is 26.7 Å². The van der Waals surface area contributed by atoms with E-state index in [0.29, 0.717) is 5.41 Å². The molecule has 1 unspecified atom stereocenters. The summed E-state index contributed by atoms with van der Waals surface area (Å²) in [5.74, 6) is 0.845. The summed E-state index contributed by atoms with van der Waals surface area (Å²) in [6, 6.07) is 0. The maximum Gasteiger partial charge on any atom is 0.0110 e. The standard InChI is InChI=1S/C17H36N4/c1-17(2,16-6-5-7-18-14-16)15-21-12-10-20(11-13-21)9-8-19(3)4/h16,18H,5-15H2,1-4H3. The van der Waals surface area contributed by atoms with Crippen LogP contribution in [0.25, 0.3) is 0 Å². The van der Waals surface area contributed by atoms with E-state index in [2.05, 4.69) is 48.0 Å². The largest absolute Gasteiger partial charge is 0.316 e. The fraction of sp³-hybridized carbons (Fsp3) is 1.00. The van der Waals surface area contributed by atoms with Crippen molar-refractivity contribution in [2.75, 3.05) is 73.0 Å². The molecule has 2 saturated heterocycles. The van der Waals surface area contributed by atoms with E-state index in [4.69, 9.17) is 0 Å². The fourth-order valence-corrected chi connectivity index (χ4v) is 3.74. The second-order valence-electron chi connectivity index (χ2n) is 7.95. The predicted octanol–water partition coefficient (Wildman–Crippen LogP) is 1.19. The number of rotatable bonds is 6. The van der Waals surface area contributed by atoms with Gasteiger partial charge in [-0.05, 0) is 51.4 Å². The van der Waals surface area contributed by atoms with Crippen LogP contribution in [0.15, 0.2) is 0 Å². The van der Waals surface area contributed by atoms with Crippen LogP contribution in [-0.4, -0.2) is 87.7 Å². The zero-order valence-corrected chi connectivity index (χ0v) is 14.7. The summed E-state index contributed by atoms with van der Waals surface area (Å²) >= 11 is 0. The molecule has 4 nitrogen and oxygen atoms in total. The summed E-state index contributed by atoms with van der Waals surface area (Å²) in [6.07, 6.45) is 2.76. The van der Waals surface area contributed by atoms with Crippen LogP contribution in [0, 0.1) is 11.3 Å². The van der Waals surface area contributed by atoms with E-state index in [1.807, 2.05) is 0 Å². The highest BCUT2D eigenvalue weighted by molar-refractivity contribution is 4.87. The molecule has 2 aliphatic heterocycles. The topological polar surface area (TPSA) is 21.8 Å². The molecule has 0 aromatic carbocycles. The number of piperazine rings is 1. The number of nitrogens with zero attached hydrogens (tertiary/aromatic N) is 3. The van der Waals surface area contributed by atoms with Crippen molar-refractivity contribution < 1.29 is 0 Å². The second-order valence-corrected chi connectivity index (χ2v) is 7.95. The third-order valence-electron chi connectivity index (χ3n) is 5.36. The van der Waals surface area contributed by atoms with Crippen LogP contribution in [0.2, 0.25) is 0 Å². The predicted molar refractivity (Wildman–Crippen MR) is 90.8 cm³/mol. The first-order valence-corrected chi connectivity index (χ1v) is 8.77. The van der Waals surface area contributed by atoms with Crippen LogP contribution in [0.5, 0.6) is 0 Å². The summed E-state index contributed by atoms with van der Waals surface area (Å²) in [7, 11) is 4.33. The van der Waals surface area contributed by atoms with Crippen molar-refractivity contribution in [1.29, 1.82) is 0 Å². The lowest BCUT2D eigenvalue weighted by molar-refractivity contribution is 0.0602. The van der Waals surface area contributed by atoms with Crippen molar-refractivity contribution in [2.24, 2.45) is 11.3 Å². The molecule has 124 valence electrons. The normalized spacial score (nSPS) is 26.4. The van der Waals surface area contributed by atoms with Gasteiger partial charge in [-0.25, -0.2) is 0 Å². The maximum atomic E-state index is 3.58. The molecule has 0 radical (unpaired) electrons. The van der Waals surface area contributed by atoms with Gasteiger partial charge in [-0.1, -0.05) is 13.8 Å². The lowest BCUT2D eigenvalue weighted by Gasteiger charge is -2.43. The van der Waals surface area contributed by atoms with Gasteiger partial charge in [0.15, 0.2) is 0 Å². The molecular formula is C17H36N4. The lowest BCUT2D eigenvalue weighted by Crippen LogP contribution is -2.52. The van der Waals surface area contributed by atoms with E-state index in [1.165, 1.54) is 71.7 Å². The zero-order chi connectivity index (χ0) is 15.3. The second kappa shape index (κ2) is 7.91. The molecule has 2 aliphatic rings. The van der Waals surface area contributed by atoms with Crippen molar-refractivity contribution >= 4 is 0 Å². The van der Waals surface area contributed by atoms with Crippen LogP contribution in [0.4, 0.5) is 0 Å². The molecule has 0 aromatic heterocycles. The van der Waals surface area contributed by atoms with Crippen molar-refractivity contribution in [3.63, 3.8) is 0 Å². The summed E-state index contributed by atoms with van der Waals surface area (Å²) in [6.45, 7) is 16.0. The Morgan fingerprint density at radius 2 is 1.76 bits per heavy atom. The monoisotopic (exact) mass is 296 g/mol. The zero-order valence-electron chi connectivity index (χ0n) is 14.7. The smallest absolute Gasteiger partial charge is 0.0110 e. The summed E-state index contributed by atoms with van der Waals surface area (Å²) < 4.78 is 0. The van der Waals surface area contributed by atoms with Crippen molar-refractivity contribution in [3.8, 4) is 0 Å². The first-order chi connectivity index (χ1) is 9.97. The van der Waals surface area contributed by atoms with Gasteiger partial charge in [0.25, 0.3) is 0 Å². The van der Waals surface area contributed by atoms with E-state index in [9.17, 15) is 0 Å². The van der Waals surface area contributed by atoms with Gasteiger partial charge in [0.1, 0.15) is 0 Å². The van der Waals surface area contributed by atoms with Gasteiger partial charge in [-0.2, -0.15) is 0 Å². The molecule has 2 fully saturated rings. The minimum absolute atomic E-state index is 0.444. The molecule has 2 heterocycles. The Morgan fingerprint density at radius 1 is 1.10 bits per heavy atom. The molecule has 0 bridgehead atoms. The maximum absolute atomic E-state index is 3.58. The molecule has 2 rings (SSSR count). The van der Waals surface area contributed by atoms with Crippen LogP contribution >= 0.6 is 0 Å². The Labute approximate surface area is 131 Å². The lowest BCUT2D eigenvalue weighted by atomic mass is 9.74. The van der Waals surface area contributed by atoms with Gasteiger partial charge in [0, 0.05) is 45.8 Å². The Bertz CT molecular complexity index is 289. The Kier molecular flexibility index (Phi) is 6.48. The number of piperidine rings is 1. The number of hydrogen-bond acceptors (Lipinski definition) is 4. The van der Waals surface area contributed by atoms with E-state index in [-0.39, 0.29) is 0 Å².